The van der Waals surface area contributed by atoms with Crippen LogP contribution < -0.4 is 4.90 Å². The number of anilines is 1. The lowest BCUT2D eigenvalue weighted by Gasteiger charge is -2.28. The van der Waals surface area contributed by atoms with Crippen LogP contribution >= 0.6 is 11.6 Å². The zero-order valence-electron chi connectivity index (χ0n) is 13.1. The third-order valence-corrected chi connectivity index (χ3v) is 4.49. The van der Waals surface area contributed by atoms with Crippen LogP contribution in [0.1, 0.15) is 35.2 Å². The fraction of sp³-hybridized carbons (Fsp3) is 0.278. The number of piperidine rings is 1. The van der Waals surface area contributed by atoms with E-state index in [0.29, 0.717) is 21.8 Å². The van der Waals surface area contributed by atoms with Gasteiger partial charge in [-0.15, -0.1) is 0 Å². The first kappa shape index (κ1) is 16.5. The molecule has 1 fully saturated rings. The molecule has 0 amide bonds. The minimum absolute atomic E-state index is 0.0169. The van der Waals surface area contributed by atoms with E-state index in [0.717, 1.165) is 32.4 Å². The standard InChI is InChI=1S/C18H17ClN2O3/c19-15-7-4-13(5-8-15)18(22)14-6-9-16(17(12-14)21(23)24)20-10-2-1-3-11-20/h4-9,12H,1-3,10-11H2. The van der Waals surface area contributed by atoms with Gasteiger partial charge in [-0.1, -0.05) is 11.6 Å². The second kappa shape index (κ2) is 7.01. The van der Waals surface area contributed by atoms with Crippen molar-refractivity contribution in [2.24, 2.45) is 0 Å². The summed E-state index contributed by atoms with van der Waals surface area (Å²) in [6.45, 7) is 1.62. The lowest BCUT2D eigenvalue weighted by atomic mass is 10.0. The third-order valence-electron chi connectivity index (χ3n) is 4.24. The number of benzene rings is 2. The van der Waals surface area contributed by atoms with Gasteiger partial charge in [0.2, 0.25) is 0 Å². The monoisotopic (exact) mass is 344 g/mol. The predicted octanol–water partition coefficient (Wildman–Crippen LogP) is 4.47. The molecule has 0 spiro atoms. The molecule has 1 aliphatic rings. The number of hydrogen-bond donors (Lipinski definition) is 0. The van der Waals surface area contributed by atoms with Crippen LogP contribution in [-0.4, -0.2) is 23.8 Å². The lowest BCUT2D eigenvalue weighted by Crippen LogP contribution is -2.30. The Morgan fingerprint density at radius 1 is 1.00 bits per heavy atom. The van der Waals surface area contributed by atoms with Crippen LogP contribution in [0, 0.1) is 10.1 Å². The third kappa shape index (κ3) is 3.41. The van der Waals surface area contributed by atoms with Crippen molar-refractivity contribution in [2.75, 3.05) is 18.0 Å². The van der Waals surface area contributed by atoms with Crippen molar-refractivity contribution in [1.82, 2.24) is 0 Å². The normalized spacial score (nSPS) is 14.5. The summed E-state index contributed by atoms with van der Waals surface area (Å²) in [5.74, 6) is -0.250. The summed E-state index contributed by atoms with van der Waals surface area (Å²) in [5, 5.41) is 12.0. The lowest BCUT2D eigenvalue weighted by molar-refractivity contribution is -0.384. The highest BCUT2D eigenvalue weighted by molar-refractivity contribution is 6.30. The fourth-order valence-corrected chi connectivity index (χ4v) is 3.11. The first-order chi connectivity index (χ1) is 11.6. The number of carbonyl (C=O) groups excluding carboxylic acids is 1. The Kier molecular flexibility index (Phi) is 4.81. The SMILES string of the molecule is O=C(c1ccc(Cl)cc1)c1ccc(N2CCCCC2)c([N+](=O)[O-])c1. The smallest absolute Gasteiger partial charge is 0.293 e. The van der Waals surface area contributed by atoms with E-state index in [1.165, 1.54) is 6.07 Å². The molecule has 0 bridgehead atoms. The van der Waals surface area contributed by atoms with Gasteiger partial charge in [0.15, 0.2) is 5.78 Å². The summed E-state index contributed by atoms with van der Waals surface area (Å²) < 4.78 is 0. The molecule has 3 rings (SSSR count). The van der Waals surface area contributed by atoms with E-state index in [2.05, 4.69) is 0 Å². The van der Waals surface area contributed by atoms with Crippen molar-refractivity contribution >= 4 is 28.8 Å². The van der Waals surface area contributed by atoms with Crippen molar-refractivity contribution < 1.29 is 9.72 Å². The van der Waals surface area contributed by atoms with Gasteiger partial charge < -0.3 is 4.90 Å². The number of nitro groups is 1. The van der Waals surface area contributed by atoms with E-state index in [-0.39, 0.29) is 11.5 Å². The summed E-state index contributed by atoms with van der Waals surface area (Å²) in [6, 6.07) is 11.2. The molecular weight excluding hydrogens is 328 g/mol. The van der Waals surface area contributed by atoms with E-state index in [1.54, 1.807) is 36.4 Å². The number of rotatable bonds is 4. The van der Waals surface area contributed by atoms with Gasteiger partial charge in [0, 0.05) is 35.3 Å². The van der Waals surface area contributed by atoms with E-state index < -0.39 is 4.92 Å². The molecule has 5 nitrogen and oxygen atoms in total. The van der Waals surface area contributed by atoms with Gasteiger partial charge in [0.1, 0.15) is 5.69 Å². The second-order valence-corrected chi connectivity index (χ2v) is 6.28. The number of carbonyl (C=O) groups is 1. The molecule has 0 atom stereocenters. The molecule has 0 N–H and O–H groups in total. The minimum atomic E-state index is -0.414. The highest BCUT2D eigenvalue weighted by atomic mass is 35.5. The Morgan fingerprint density at radius 3 is 2.25 bits per heavy atom. The predicted molar refractivity (Wildman–Crippen MR) is 94.0 cm³/mol. The van der Waals surface area contributed by atoms with Gasteiger partial charge in [-0.05, 0) is 55.7 Å². The molecule has 24 heavy (non-hydrogen) atoms. The van der Waals surface area contributed by atoms with E-state index in [4.69, 9.17) is 11.6 Å². The molecule has 0 radical (unpaired) electrons. The quantitative estimate of drug-likeness (QED) is 0.466. The number of nitrogens with zero attached hydrogens (tertiary/aromatic N) is 2. The molecule has 6 heteroatoms. The Balaban J connectivity index is 1.95. The maximum Gasteiger partial charge on any atom is 0.293 e. The Hall–Kier alpha value is -2.40. The van der Waals surface area contributed by atoms with Crippen LogP contribution in [-0.2, 0) is 0 Å². The van der Waals surface area contributed by atoms with Gasteiger partial charge >= 0.3 is 0 Å². The molecule has 0 saturated carbocycles. The van der Waals surface area contributed by atoms with Crippen LogP contribution in [0.25, 0.3) is 0 Å². The number of hydrogen-bond acceptors (Lipinski definition) is 4. The van der Waals surface area contributed by atoms with Gasteiger partial charge in [0.25, 0.3) is 5.69 Å². The van der Waals surface area contributed by atoms with Crippen molar-refractivity contribution in [2.45, 2.75) is 19.3 Å². The molecule has 0 aromatic heterocycles. The second-order valence-electron chi connectivity index (χ2n) is 5.84. The molecular formula is C18H17ClN2O3. The highest BCUT2D eigenvalue weighted by Gasteiger charge is 2.23. The minimum Gasteiger partial charge on any atom is -0.366 e. The van der Waals surface area contributed by atoms with E-state index in [1.807, 2.05) is 4.90 Å². The zero-order chi connectivity index (χ0) is 17.1. The van der Waals surface area contributed by atoms with Gasteiger partial charge in [-0.3, -0.25) is 14.9 Å². The maximum absolute atomic E-state index is 12.5. The van der Waals surface area contributed by atoms with Crippen molar-refractivity contribution in [3.8, 4) is 0 Å². The number of halogens is 1. The molecule has 1 aliphatic heterocycles. The molecule has 2 aromatic carbocycles. The van der Waals surface area contributed by atoms with Crippen molar-refractivity contribution in [1.29, 1.82) is 0 Å². The summed E-state index contributed by atoms with van der Waals surface area (Å²) >= 11 is 5.83. The summed E-state index contributed by atoms with van der Waals surface area (Å²) in [7, 11) is 0. The zero-order valence-corrected chi connectivity index (χ0v) is 13.8. The van der Waals surface area contributed by atoms with Gasteiger partial charge in [-0.25, -0.2) is 0 Å². The first-order valence-electron chi connectivity index (χ1n) is 7.90. The van der Waals surface area contributed by atoms with Gasteiger partial charge in [-0.2, -0.15) is 0 Å². The first-order valence-corrected chi connectivity index (χ1v) is 8.28. The molecule has 1 saturated heterocycles. The topological polar surface area (TPSA) is 63.5 Å². The average Bonchev–Trinajstić information content (AvgIpc) is 2.62. The number of nitro benzene ring substituents is 1. The van der Waals surface area contributed by atoms with Crippen molar-refractivity contribution in [3.63, 3.8) is 0 Å². The maximum atomic E-state index is 12.5. The van der Waals surface area contributed by atoms with E-state index >= 15 is 0 Å². The van der Waals surface area contributed by atoms with Crippen LogP contribution in [0.3, 0.4) is 0 Å². The molecule has 0 unspecified atom stereocenters. The summed E-state index contributed by atoms with van der Waals surface area (Å²) in [6.07, 6.45) is 3.21. The van der Waals surface area contributed by atoms with Crippen molar-refractivity contribution in [3.05, 3.63) is 68.7 Å². The van der Waals surface area contributed by atoms with Crippen LogP contribution in [0.4, 0.5) is 11.4 Å². The summed E-state index contributed by atoms with van der Waals surface area (Å²) in [4.78, 5) is 25.6. The van der Waals surface area contributed by atoms with Crippen LogP contribution in [0.2, 0.25) is 5.02 Å². The molecule has 1 heterocycles. The largest absolute Gasteiger partial charge is 0.366 e. The van der Waals surface area contributed by atoms with E-state index in [9.17, 15) is 14.9 Å². The molecule has 124 valence electrons. The summed E-state index contributed by atoms with van der Waals surface area (Å²) in [5.41, 5.74) is 1.34. The average molecular weight is 345 g/mol. The highest BCUT2D eigenvalue weighted by Crippen LogP contribution is 2.32. The fourth-order valence-electron chi connectivity index (χ4n) is 2.98. The van der Waals surface area contributed by atoms with Gasteiger partial charge in [0.05, 0.1) is 4.92 Å². The molecule has 0 aliphatic carbocycles. The Morgan fingerprint density at radius 2 is 1.62 bits per heavy atom. The Bertz CT molecular complexity index is 768. The number of ketones is 1. The van der Waals surface area contributed by atoms with Crippen LogP contribution in [0.5, 0.6) is 0 Å². The molecule has 2 aromatic rings. The Labute approximate surface area is 145 Å². The van der Waals surface area contributed by atoms with Crippen LogP contribution in [0.15, 0.2) is 42.5 Å².